The molecule has 0 fully saturated rings. The SMILES string of the molecule is Cc1ccc(S(=O)(=O)c2c(-c3ccccc3)[nH]c3ccc(Cl)cc23)cc1. The van der Waals surface area contributed by atoms with E-state index < -0.39 is 9.84 Å². The van der Waals surface area contributed by atoms with Gasteiger partial charge >= 0.3 is 0 Å². The van der Waals surface area contributed by atoms with Crippen molar-refractivity contribution in [3.63, 3.8) is 0 Å². The summed E-state index contributed by atoms with van der Waals surface area (Å²) in [6.07, 6.45) is 0. The van der Waals surface area contributed by atoms with Crippen LogP contribution in [0.3, 0.4) is 0 Å². The molecule has 0 saturated carbocycles. The number of halogens is 1. The van der Waals surface area contributed by atoms with Crippen LogP contribution >= 0.6 is 11.6 Å². The zero-order valence-electron chi connectivity index (χ0n) is 14.0. The van der Waals surface area contributed by atoms with E-state index in [1.165, 1.54) is 0 Å². The zero-order chi connectivity index (χ0) is 18.3. The number of rotatable bonds is 3. The highest BCUT2D eigenvalue weighted by Crippen LogP contribution is 2.38. The Morgan fingerprint density at radius 2 is 1.58 bits per heavy atom. The average Bonchev–Trinajstić information content (AvgIpc) is 3.02. The number of aryl methyl sites for hydroxylation is 1. The maximum absolute atomic E-state index is 13.5. The van der Waals surface area contributed by atoms with Crippen molar-refractivity contribution in [2.75, 3.05) is 0 Å². The van der Waals surface area contributed by atoms with Gasteiger partial charge in [0.05, 0.1) is 10.6 Å². The predicted molar refractivity (Wildman–Crippen MR) is 105 cm³/mol. The van der Waals surface area contributed by atoms with Gasteiger partial charge in [0.2, 0.25) is 9.84 Å². The molecule has 0 atom stereocenters. The Morgan fingerprint density at radius 1 is 0.885 bits per heavy atom. The summed E-state index contributed by atoms with van der Waals surface area (Å²) in [6, 6.07) is 21.6. The summed E-state index contributed by atoms with van der Waals surface area (Å²) in [4.78, 5) is 3.78. The van der Waals surface area contributed by atoms with Crippen molar-refractivity contribution < 1.29 is 8.42 Å². The second-order valence-corrected chi connectivity index (χ2v) is 8.52. The second-order valence-electron chi connectivity index (χ2n) is 6.20. The lowest BCUT2D eigenvalue weighted by Gasteiger charge is -2.08. The molecule has 0 saturated heterocycles. The van der Waals surface area contributed by atoms with Crippen LogP contribution in [0.25, 0.3) is 22.2 Å². The van der Waals surface area contributed by atoms with Crippen LogP contribution in [0.2, 0.25) is 5.02 Å². The monoisotopic (exact) mass is 381 g/mol. The fraction of sp³-hybridized carbons (Fsp3) is 0.0476. The minimum absolute atomic E-state index is 0.255. The fourth-order valence-corrected chi connectivity index (χ4v) is 4.86. The number of hydrogen-bond donors (Lipinski definition) is 1. The van der Waals surface area contributed by atoms with E-state index >= 15 is 0 Å². The van der Waals surface area contributed by atoms with Gasteiger partial charge in [-0.1, -0.05) is 59.6 Å². The van der Waals surface area contributed by atoms with Gasteiger partial charge in [-0.25, -0.2) is 8.42 Å². The van der Waals surface area contributed by atoms with Crippen LogP contribution in [0, 0.1) is 6.92 Å². The van der Waals surface area contributed by atoms with Crippen molar-refractivity contribution in [2.24, 2.45) is 0 Å². The molecular formula is C21H16ClNO2S. The van der Waals surface area contributed by atoms with E-state index in [-0.39, 0.29) is 9.79 Å². The number of benzene rings is 3. The predicted octanol–water partition coefficient (Wildman–Crippen LogP) is 5.63. The van der Waals surface area contributed by atoms with Crippen LogP contribution in [0.4, 0.5) is 0 Å². The lowest BCUT2D eigenvalue weighted by molar-refractivity contribution is 0.597. The molecule has 0 bridgehead atoms. The Bertz CT molecular complexity index is 1190. The highest BCUT2D eigenvalue weighted by Gasteiger charge is 2.27. The average molecular weight is 382 g/mol. The van der Waals surface area contributed by atoms with Crippen molar-refractivity contribution in [3.05, 3.63) is 83.4 Å². The smallest absolute Gasteiger partial charge is 0.209 e. The molecule has 0 spiro atoms. The molecule has 26 heavy (non-hydrogen) atoms. The fourth-order valence-electron chi connectivity index (χ4n) is 3.06. The minimum Gasteiger partial charge on any atom is -0.353 e. The first-order valence-electron chi connectivity index (χ1n) is 8.15. The Labute approximate surface area is 157 Å². The van der Waals surface area contributed by atoms with Crippen LogP contribution in [-0.2, 0) is 9.84 Å². The molecule has 1 N–H and O–H groups in total. The van der Waals surface area contributed by atoms with Crippen molar-refractivity contribution in [1.82, 2.24) is 4.98 Å². The molecule has 1 aromatic heterocycles. The van der Waals surface area contributed by atoms with E-state index in [4.69, 9.17) is 11.6 Å². The molecule has 0 radical (unpaired) electrons. The Kier molecular flexibility index (Phi) is 4.10. The summed E-state index contributed by atoms with van der Waals surface area (Å²) in [5, 5.41) is 1.09. The van der Waals surface area contributed by atoms with E-state index in [9.17, 15) is 8.42 Å². The number of H-pyrrole nitrogens is 1. The highest BCUT2D eigenvalue weighted by atomic mass is 35.5. The first-order valence-corrected chi connectivity index (χ1v) is 10.0. The minimum atomic E-state index is -3.72. The van der Waals surface area contributed by atoms with Gasteiger partial charge in [0.15, 0.2) is 0 Å². The number of aromatic nitrogens is 1. The molecule has 0 unspecified atom stereocenters. The topological polar surface area (TPSA) is 49.9 Å². The molecule has 5 heteroatoms. The van der Waals surface area contributed by atoms with E-state index in [0.29, 0.717) is 16.1 Å². The van der Waals surface area contributed by atoms with Crippen molar-refractivity contribution in [2.45, 2.75) is 16.7 Å². The van der Waals surface area contributed by atoms with E-state index in [1.807, 2.05) is 37.3 Å². The van der Waals surface area contributed by atoms with Gasteiger partial charge < -0.3 is 4.98 Å². The summed E-state index contributed by atoms with van der Waals surface area (Å²) < 4.78 is 26.9. The molecule has 0 amide bonds. The molecule has 3 aromatic carbocycles. The molecule has 130 valence electrons. The van der Waals surface area contributed by atoms with E-state index in [0.717, 1.165) is 16.6 Å². The number of nitrogens with one attached hydrogen (secondary N) is 1. The second kappa shape index (κ2) is 6.31. The molecular weight excluding hydrogens is 366 g/mol. The van der Waals surface area contributed by atoms with Crippen LogP contribution < -0.4 is 0 Å². The first-order chi connectivity index (χ1) is 12.5. The molecule has 1 heterocycles. The maximum atomic E-state index is 13.5. The Morgan fingerprint density at radius 3 is 2.27 bits per heavy atom. The summed E-state index contributed by atoms with van der Waals surface area (Å²) in [6.45, 7) is 1.93. The quantitative estimate of drug-likeness (QED) is 0.500. The largest absolute Gasteiger partial charge is 0.353 e. The van der Waals surface area contributed by atoms with Crippen molar-refractivity contribution >= 4 is 32.3 Å². The normalized spacial score (nSPS) is 11.8. The third-order valence-electron chi connectivity index (χ3n) is 4.38. The van der Waals surface area contributed by atoms with Gasteiger partial charge in [0, 0.05) is 15.9 Å². The van der Waals surface area contributed by atoms with E-state index in [2.05, 4.69) is 4.98 Å². The van der Waals surface area contributed by atoms with Crippen molar-refractivity contribution in [1.29, 1.82) is 0 Å². The molecule has 0 aliphatic carbocycles. The lowest BCUT2D eigenvalue weighted by atomic mass is 10.1. The number of aromatic amines is 1. The summed E-state index contributed by atoms with van der Waals surface area (Å²) >= 11 is 6.15. The molecule has 0 aliphatic rings. The summed E-state index contributed by atoms with van der Waals surface area (Å²) in [5.74, 6) is 0. The van der Waals surface area contributed by atoms with Crippen LogP contribution in [0.15, 0.2) is 82.6 Å². The number of hydrogen-bond acceptors (Lipinski definition) is 2. The van der Waals surface area contributed by atoms with Gasteiger partial charge in [-0.15, -0.1) is 0 Å². The summed E-state index contributed by atoms with van der Waals surface area (Å²) in [7, 11) is -3.72. The van der Waals surface area contributed by atoms with Crippen LogP contribution in [0.5, 0.6) is 0 Å². The third kappa shape index (κ3) is 2.81. The Hall–Kier alpha value is -2.56. The molecule has 4 aromatic rings. The molecule has 3 nitrogen and oxygen atoms in total. The van der Waals surface area contributed by atoms with Crippen molar-refractivity contribution in [3.8, 4) is 11.3 Å². The zero-order valence-corrected chi connectivity index (χ0v) is 15.6. The van der Waals surface area contributed by atoms with Gasteiger partial charge in [-0.3, -0.25) is 0 Å². The van der Waals surface area contributed by atoms with Crippen LogP contribution in [-0.4, -0.2) is 13.4 Å². The summed E-state index contributed by atoms with van der Waals surface area (Å²) in [5.41, 5.74) is 3.13. The van der Waals surface area contributed by atoms with Gasteiger partial charge in [-0.2, -0.15) is 0 Å². The molecule has 4 rings (SSSR count). The van der Waals surface area contributed by atoms with Gasteiger partial charge in [0.25, 0.3) is 0 Å². The number of sulfone groups is 1. The maximum Gasteiger partial charge on any atom is 0.209 e. The standard InChI is InChI=1S/C21H16ClNO2S/c1-14-7-10-17(11-8-14)26(24,25)21-18-13-16(22)9-12-19(18)23-20(21)15-5-3-2-4-6-15/h2-13,23H,1H3. The number of fused-ring (bicyclic) bond motifs is 1. The molecule has 0 aliphatic heterocycles. The highest BCUT2D eigenvalue weighted by molar-refractivity contribution is 7.91. The first kappa shape index (κ1) is 16.9. The van der Waals surface area contributed by atoms with Gasteiger partial charge in [0.1, 0.15) is 4.90 Å². The van der Waals surface area contributed by atoms with E-state index in [1.54, 1.807) is 42.5 Å². The van der Waals surface area contributed by atoms with Crippen LogP contribution in [0.1, 0.15) is 5.56 Å². The Balaban J connectivity index is 2.07. The van der Waals surface area contributed by atoms with Gasteiger partial charge in [-0.05, 0) is 42.8 Å². The third-order valence-corrected chi connectivity index (χ3v) is 6.46. The lowest BCUT2D eigenvalue weighted by Crippen LogP contribution is -2.03.